The lowest BCUT2D eigenvalue weighted by Crippen LogP contribution is -2.38. The fourth-order valence-corrected chi connectivity index (χ4v) is 2.15. The van der Waals surface area contributed by atoms with Gasteiger partial charge in [0.05, 0.1) is 0 Å². The molecule has 1 heterocycles. The molecular formula is C14H15FN2O2. The van der Waals surface area contributed by atoms with Crippen LogP contribution in [-0.2, 0) is 4.79 Å². The molecular weight excluding hydrogens is 247 g/mol. The van der Waals surface area contributed by atoms with Crippen molar-refractivity contribution in [1.29, 1.82) is 5.26 Å². The van der Waals surface area contributed by atoms with Gasteiger partial charge in [-0.25, -0.2) is 4.39 Å². The van der Waals surface area contributed by atoms with E-state index in [1.54, 1.807) is 17.9 Å². The van der Waals surface area contributed by atoms with Crippen LogP contribution in [-0.4, -0.2) is 30.0 Å². The number of hydrogen-bond donors (Lipinski definition) is 0. The number of hydrogen-bond acceptors (Lipinski definition) is 3. The third kappa shape index (κ3) is 2.84. The molecule has 1 atom stereocenters. The second-order valence-electron chi connectivity index (χ2n) is 4.52. The van der Waals surface area contributed by atoms with E-state index in [2.05, 4.69) is 0 Å². The van der Waals surface area contributed by atoms with Crippen molar-refractivity contribution in [1.82, 2.24) is 4.90 Å². The molecule has 0 saturated carbocycles. The Labute approximate surface area is 111 Å². The number of nitriles is 1. The Morgan fingerprint density at radius 3 is 2.79 bits per heavy atom. The van der Waals surface area contributed by atoms with Crippen LogP contribution < -0.4 is 4.74 Å². The van der Waals surface area contributed by atoms with Crippen LogP contribution in [0, 0.1) is 17.1 Å². The number of amides is 1. The summed E-state index contributed by atoms with van der Waals surface area (Å²) in [4.78, 5) is 13.8. The molecule has 0 bridgehead atoms. The number of carbonyl (C=O) groups is 1. The van der Waals surface area contributed by atoms with Gasteiger partial charge in [-0.1, -0.05) is 6.07 Å². The van der Waals surface area contributed by atoms with Crippen LogP contribution in [0.3, 0.4) is 0 Å². The molecule has 0 spiro atoms. The molecule has 1 saturated heterocycles. The van der Waals surface area contributed by atoms with E-state index in [1.807, 2.05) is 0 Å². The molecule has 0 N–H and O–H groups in total. The largest absolute Gasteiger partial charge is 0.479 e. The average molecular weight is 262 g/mol. The Hall–Kier alpha value is -2.09. The second kappa shape index (κ2) is 5.70. The van der Waals surface area contributed by atoms with Gasteiger partial charge >= 0.3 is 0 Å². The van der Waals surface area contributed by atoms with Gasteiger partial charge in [0.1, 0.15) is 23.2 Å². The molecule has 1 aliphatic rings. The second-order valence-corrected chi connectivity index (χ2v) is 4.52. The van der Waals surface area contributed by atoms with Crippen LogP contribution in [0.15, 0.2) is 18.2 Å². The summed E-state index contributed by atoms with van der Waals surface area (Å²) in [6, 6.07) is 5.90. The van der Waals surface area contributed by atoms with Gasteiger partial charge in [0.15, 0.2) is 6.10 Å². The van der Waals surface area contributed by atoms with Gasteiger partial charge < -0.3 is 9.64 Å². The van der Waals surface area contributed by atoms with Gasteiger partial charge in [-0.05, 0) is 31.9 Å². The van der Waals surface area contributed by atoms with Crippen LogP contribution >= 0.6 is 0 Å². The van der Waals surface area contributed by atoms with Crippen LogP contribution in [0.2, 0.25) is 0 Å². The molecule has 1 aliphatic heterocycles. The van der Waals surface area contributed by atoms with Crippen molar-refractivity contribution >= 4 is 5.91 Å². The Morgan fingerprint density at radius 1 is 1.47 bits per heavy atom. The van der Waals surface area contributed by atoms with Crippen LogP contribution in [0.4, 0.5) is 4.39 Å². The Balaban J connectivity index is 2.10. The molecule has 1 aromatic rings. The first-order chi connectivity index (χ1) is 9.13. The number of ether oxygens (including phenoxy) is 1. The fraction of sp³-hybridized carbons (Fsp3) is 0.429. The molecule has 2 rings (SSSR count). The summed E-state index contributed by atoms with van der Waals surface area (Å²) in [6.07, 6.45) is 1.29. The van der Waals surface area contributed by atoms with E-state index < -0.39 is 11.9 Å². The summed E-state index contributed by atoms with van der Waals surface area (Å²) < 4.78 is 18.8. The van der Waals surface area contributed by atoms with E-state index in [0.29, 0.717) is 0 Å². The normalized spacial score (nSPS) is 15.9. The van der Waals surface area contributed by atoms with E-state index >= 15 is 0 Å². The summed E-state index contributed by atoms with van der Waals surface area (Å²) in [7, 11) is 0. The molecule has 1 unspecified atom stereocenters. The van der Waals surface area contributed by atoms with Crippen molar-refractivity contribution in [2.75, 3.05) is 13.1 Å². The highest BCUT2D eigenvalue weighted by atomic mass is 19.1. The maximum Gasteiger partial charge on any atom is 0.263 e. The molecule has 1 amide bonds. The number of rotatable bonds is 3. The highest BCUT2D eigenvalue weighted by Gasteiger charge is 2.25. The zero-order chi connectivity index (χ0) is 13.8. The Kier molecular flexibility index (Phi) is 4.00. The van der Waals surface area contributed by atoms with Gasteiger partial charge in [-0.2, -0.15) is 5.26 Å². The highest BCUT2D eigenvalue weighted by Crippen LogP contribution is 2.22. The maximum atomic E-state index is 13.4. The van der Waals surface area contributed by atoms with Gasteiger partial charge in [-0.3, -0.25) is 4.79 Å². The summed E-state index contributed by atoms with van der Waals surface area (Å²) in [5, 5.41) is 8.90. The molecule has 1 fully saturated rings. The predicted octanol–water partition coefficient (Wildman–Crippen LogP) is 2.09. The smallest absolute Gasteiger partial charge is 0.263 e. The molecule has 0 aromatic heterocycles. The Morgan fingerprint density at radius 2 is 2.16 bits per heavy atom. The van der Waals surface area contributed by atoms with Crippen LogP contribution in [0.25, 0.3) is 0 Å². The molecule has 1 aromatic carbocycles. The van der Waals surface area contributed by atoms with E-state index in [-0.39, 0.29) is 17.2 Å². The first-order valence-electron chi connectivity index (χ1n) is 6.27. The van der Waals surface area contributed by atoms with Gasteiger partial charge in [0, 0.05) is 13.1 Å². The number of nitrogens with zero attached hydrogens (tertiary/aromatic N) is 2. The Bertz CT molecular complexity index is 519. The third-order valence-electron chi connectivity index (χ3n) is 3.16. The lowest BCUT2D eigenvalue weighted by Gasteiger charge is -2.21. The molecule has 5 heteroatoms. The molecule has 19 heavy (non-hydrogen) atoms. The summed E-state index contributed by atoms with van der Waals surface area (Å²) in [6.45, 7) is 3.09. The van der Waals surface area contributed by atoms with Crippen molar-refractivity contribution < 1.29 is 13.9 Å². The summed E-state index contributed by atoms with van der Waals surface area (Å²) in [5.74, 6) is -0.644. The minimum Gasteiger partial charge on any atom is -0.479 e. The average Bonchev–Trinajstić information content (AvgIpc) is 2.92. The zero-order valence-electron chi connectivity index (χ0n) is 10.7. The standard InChI is InChI=1S/C14H15FN2O2/c1-10(14(18)17-7-2-3-8-17)19-13-6-4-5-12(15)11(13)9-16/h4-6,10H,2-3,7-8H2,1H3. The van der Waals surface area contributed by atoms with E-state index in [4.69, 9.17) is 10.00 Å². The first kappa shape index (κ1) is 13.3. The molecule has 0 aliphatic carbocycles. The van der Waals surface area contributed by atoms with Crippen molar-refractivity contribution in [2.45, 2.75) is 25.9 Å². The first-order valence-corrected chi connectivity index (χ1v) is 6.27. The lowest BCUT2D eigenvalue weighted by atomic mass is 10.2. The number of carbonyl (C=O) groups excluding carboxylic acids is 1. The zero-order valence-corrected chi connectivity index (χ0v) is 10.7. The number of likely N-dealkylation sites (tertiary alicyclic amines) is 1. The van der Waals surface area contributed by atoms with Crippen LogP contribution in [0.1, 0.15) is 25.3 Å². The minimum absolute atomic E-state index is 0.113. The maximum absolute atomic E-state index is 13.4. The van der Waals surface area contributed by atoms with Crippen molar-refractivity contribution in [3.8, 4) is 11.8 Å². The fourth-order valence-electron chi connectivity index (χ4n) is 2.15. The highest BCUT2D eigenvalue weighted by molar-refractivity contribution is 5.81. The summed E-state index contributed by atoms with van der Waals surface area (Å²) >= 11 is 0. The van der Waals surface area contributed by atoms with Gasteiger partial charge in [0.25, 0.3) is 5.91 Å². The predicted molar refractivity (Wildman–Crippen MR) is 67.0 cm³/mol. The quantitative estimate of drug-likeness (QED) is 0.838. The van der Waals surface area contributed by atoms with E-state index in [1.165, 1.54) is 18.2 Å². The van der Waals surface area contributed by atoms with Crippen molar-refractivity contribution in [2.24, 2.45) is 0 Å². The third-order valence-corrected chi connectivity index (χ3v) is 3.16. The SMILES string of the molecule is CC(Oc1cccc(F)c1C#N)C(=O)N1CCCC1. The van der Waals surface area contributed by atoms with Gasteiger partial charge in [-0.15, -0.1) is 0 Å². The topological polar surface area (TPSA) is 53.3 Å². The van der Waals surface area contributed by atoms with E-state index in [0.717, 1.165) is 25.9 Å². The molecule has 4 nitrogen and oxygen atoms in total. The number of halogens is 1. The van der Waals surface area contributed by atoms with Crippen molar-refractivity contribution in [3.63, 3.8) is 0 Å². The monoisotopic (exact) mass is 262 g/mol. The minimum atomic E-state index is -0.716. The molecule has 0 radical (unpaired) electrons. The summed E-state index contributed by atoms with van der Waals surface area (Å²) in [5.41, 5.74) is -0.163. The molecule has 100 valence electrons. The number of benzene rings is 1. The van der Waals surface area contributed by atoms with Crippen molar-refractivity contribution in [3.05, 3.63) is 29.6 Å². The van der Waals surface area contributed by atoms with Gasteiger partial charge in [0.2, 0.25) is 0 Å². The lowest BCUT2D eigenvalue weighted by molar-refractivity contribution is -0.136. The van der Waals surface area contributed by atoms with Crippen LogP contribution in [0.5, 0.6) is 5.75 Å². The van der Waals surface area contributed by atoms with E-state index in [9.17, 15) is 9.18 Å².